The van der Waals surface area contributed by atoms with E-state index in [1.54, 1.807) is 0 Å². The van der Waals surface area contributed by atoms with E-state index >= 15 is 0 Å². The molecule has 0 atom stereocenters. The molecular formula is C17H25NO2. The normalized spacial score (nSPS) is 18.6. The molecule has 1 aliphatic carbocycles. The van der Waals surface area contributed by atoms with Gasteiger partial charge in [-0.15, -0.1) is 0 Å². The van der Waals surface area contributed by atoms with E-state index in [9.17, 15) is 4.79 Å². The Morgan fingerprint density at radius 1 is 1.10 bits per heavy atom. The SMILES string of the molecule is CC(C)(C)c1ccc(OC2(C(N)=O)CCCCC2)cc1. The Balaban J connectivity index is 2.17. The third-order valence-corrected chi connectivity index (χ3v) is 4.14. The van der Waals surface area contributed by atoms with E-state index in [-0.39, 0.29) is 11.3 Å². The van der Waals surface area contributed by atoms with Gasteiger partial charge in [0.25, 0.3) is 5.91 Å². The van der Waals surface area contributed by atoms with Crippen LogP contribution < -0.4 is 10.5 Å². The van der Waals surface area contributed by atoms with Crippen molar-refractivity contribution in [2.75, 3.05) is 0 Å². The summed E-state index contributed by atoms with van der Waals surface area (Å²) in [5.41, 5.74) is 6.15. The lowest BCUT2D eigenvalue weighted by molar-refractivity contribution is -0.136. The van der Waals surface area contributed by atoms with Crippen LogP contribution in [-0.4, -0.2) is 11.5 Å². The maximum Gasteiger partial charge on any atom is 0.261 e. The van der Waals surface area contributed by atoms with Crippen molar-refractivity contribution in [2.24, 2.45) is 5.73 Å². The number of primary amides is 1. The second-order valence-corrected chi connectivity index (χ2v) is 6.80. The molecule has 2 rings (SSSR count). The van der Waals surface area contributed by atoms with Crippen molar-refractivity contribution in [1.29, 1.82) is 0 Å². The molecule has 1 fully saturated rings. The summed E-state index contributed by atoms with van der Waals surface area (Å²) in [6.45, 7) is 6.53. The molecular weight excluding hydrogens is 250 g/mol. The quantitative estimate of drug-likeness (QED) is 0.917. The van der Waals surface area contributed by atoms with E-state index < -0.39 is 5.60 Å². The van der Waals surface area contributed by atoms with E-state index in [1.807, 2.05) is 12.1 Å². The van der Waals surface area contributed by atoms with E-state index in [2.05, 4.69) is 32.9 Å². The third-order valence-electron chi connectivity index (χ3n) is 4.14. The van der Waals surface area contributed by atoms with Crippen molar-refractivity contribution < 1.29 is 9.53 Å². The number of ether oxygens (including phenoxy) is 1. The number of rotatable bonds is 3. The van der Waals surface area contributed by atoms with Crippen LogP contribution in [0.4, 0.5) is 0 Å². The second-order valence-electron chi connectivity index (χ2n) is 6.80. The van der Waals surface area contributed by atoms with Crippen molar-refractivity contribution in [3.05, 3.63) is 29.8 Å². The molecule has 0 aromatic heterocycles. The molecule has 1 amide bonds. The van der Waals surface area contributed by atoms with Crippen molar-refractivity contribution in [3.8, 4) is 5.75 Å². The lowest BCUT2D eigenvalue weighted by atomic mass is 9.84. The van der Waals surface area contributed by atoms with Gasteiger partial charge in [0.1, 0.15) is 5.75 Å². The lowest BCUT2D eigenvalue weighted by Crippen LogP contribution is -2.50. The molecule has 0 unspecified atom stereocenters. The lowest BCUT2D eigenvalue weighted by Gasteiger charge is -2.34. The Kier molecular flexibility index (Phi) is 4.07. The fraction of sp³-hybridized carbons (Fsp3) is 0.588. The maximum absolute atomic E-state index is 11.8. The van der Waals surface area contributed by atoms with E-state index in [0.717, 1.165) is 37.9 Å². The minimum atomic E-state index is -0.804. The molecule has 0 radical (unpaired) electrons. The Bertz CT molecular complexity index is 465. The highest BCUT2D eigenvalue weighted by atomic mass is 16.5. The smallest absolute Gasteiger partial charge is 0.261 e. The number of carbonyl (C=O) groups is 1. The van der Waals surface area contributed by atoms with Gasteiger partial charge in [0.05, 0.1) is 0 Å². The molecule has 110 valence electrons. The van der Waals surface area contributed by atoms with Gasteiger partial charge in [0.2, 0.25) is 0 Å². The highest BCUT2D eigenvalue weighted by molar-refractivity contribution is 5.84. The van der Waals surface area contributed by atoms with Crippen molar-refractivity contribution in [2.45, 2.75) is 63.9 Å². The molecule has 1 aromatic rings. The average molecular weight is 275 g/mol. The van der Waals surface area contributed by atoms with E-state index in [1.165, 1.54) is 5.56 Å². The molecule has 20 heavy (non-hydrogen) atoms. The maximum atomic E-state index is 11.8. The molecule has 0 spiro atoms. The first-order valence-corrected chi connectivity index (χ1v) is 7.43. The fourth-order valence-corrected chi connectivity index (χ4v) is 2.77. The van der Waals surface area contributed by atoms with Crippen LogP contribution in [0.15, 0.2) is 24.3 Å². The highest BCUT2D eigenvalue weighted by Crippen LogP contribution is 2.33. The Hall–Kier alpha value is -1.51. The molecule has 0 bridgehead atoms. The third kappa shape index (κ3) is 3.14. The van der Waals surface area contributed by atoms with Gasteiger partial charge in [0.15, 0.2) is 5.60 Å². The zero-order valence-electron chi connectivity index (χ0n) is 12.7. The molecule has 0 aliphatic heterocycles. The first kappa shape index (κ1) is 14.9. The minimum absolute atomic E-state index is 0.116. The highest BCUT2D eigenvalue weighted by Gasteiger charge is 2.40. The largest absolute Gasteiger partial charge is 0.477 e. The number of nitrogens with two attached hydrogens (primary N) is 1. The summed E-state index contributed by atoms with van der Waals surface area (Å²) in [7, 11) is 0. The van der Waals surface area contributed by atoms with Crippen LogP contribution in [0.1, 0.15) is 58.4 Å². The Morgan fingerprint density at radius 3 is 2.10 bits per heavy atom. The van der Waals surface area contributed by atoms with Crippen molar-refractivity contribution >= 4 is 5.91 Å². The Morgan fingerprint density at radius 2 is 1.65 bits per heavy atom. The predicted octanol–water partition coefficient (Wildman–Crippen LogP) is 3.55. The summed E-state index contributed by atoms with van der Waals surface area (Å²) in [5, 5.41) is 0. The van der Waals surface area contributed by atoms with Gasteiger partial charge in [-0.1, -0.05) is 39.3 Å². The fourth-order valence-electron chi connectivity index (χ4n) is 2.77. The summed E-state index contributed by atoms with van der Waals surface area (Å²) in [6.07, 6.45) is 4.61. The summed E-state index contributed by atoms with van der Waals surface area (Å²) < 4.78 is 6.00. The number of benzene rings is 1. The van der Waals surface area contributed by atoms with E-state index in [0.29, 0.717) is 0 Å². The van der Waals surface area contributed by atoms with Crippen LogP contribution in [0.25, 0.3) is 0 Å². The van der Waals surface area contributed by atoms with Crippen molar-refractivity contribution in [1.82, 2.24) is 0 Å². The summed E-state index contributed by atoms with van der Waals surface area (Å²) >= 11 is 0. The number of amides is 1. The molecule has 3 heteroatoms. The number of carbonyl (C=O) groups excluding carboxylic acids is 1. The minimum Gasteiger partial charge on any atom is -0.477 e. The zero-order chi connectivity index (χ0) is 14.8. The molecule has 2 N–H and O–H groups in total. The second kappa shape index (κ2) is 5.47. The predicted molar refractivity (Wildman–Crippen MR) is 80.8 cm³/mol. The van der Waals surface area contributed by atoms with Crippen molar-refractivity contribution in [3.63, 3.8) is 0 Å². The van der Waals surface area contributed by atoms with Gasteiger partial charge in [0, 0.05) is 0 Å². The van der Waals surface area contributed by atoms with Crippen LogP contribution in [0.3, 0.4) is 0 Å². The topological polar surface area (TPSA) is 52.3 Å². The zero-order valence-corrected chi connectivity index (χ0v) is 12.7. The standard InChI is InChI=1S/C17H25NO2/c1-16(2,3)13-7-9-14(10-8-13)20-17(15(18)19)11-5-4-6-12-17/h7-10H,4-6,11-12H2,1-3H3,(H2,18,19). The van der Waals surface area contributed by atoms with Crippen LogP contribution in [0.5, 0.6) is 5.75 Å². The summed E-state index contributed by atoms with van der Waals surface area (Å²) in [4.78, 5) is 11.8. The average Bonchev–Trinajstić information content (AvgIpc) is 2.39. The molecule has 0 saturated heterocycles. The summed E-state index contributed by atoms with van der Waals surface area (Å²) in [6, 6.07) is 8.01. The first-order chi connectivity index (χ1) is 9.33. The first-order valence-electron chi connectivity index (χ1n) is 7.43. The van der Waals surface area contributed by atoms with Gasteiger partial charge in [-0.05, 0) is 48.8 Å². The van der Waals surface area contributed by atoms with Gasteiger partial charge in [-0.25, -0.2) is 0 Å². The van der Waals surface area contributed by atoms with Gasteiger partial charge in [-0.2, -0.15) is 0 Å². The number of hydrogen-bond donors (Lipinski definition) is 1. The molecule has 1 saturated carbocycles. The monoisotopic (exact) mass is 275 g/mol. The molecule has 3 nitrogen and oxygen atoms in total. The van der Waals surface area contributed by atoms with Crippen LogP contribution in [-0.2, 0) is 10.2 Å². The van der Waals surface area contributed by atoms with Gasteiger partial charge in [-0.3, -0.25) is 4.79 Å². The molecule has 1 aromatic carbocycles. The summed E-state index contributed by atoms with van der Waals surface area (Å²) in [5.74, 6) is 0.399. The van der Waals surface area contributed by atoms with Crippen LogP contribution >= 0.6 is 0 Å². The van der Waals surface area contributed by atoms with Crippen LogP contribution in [0, 0.1) is 0 Å². The van der Waals surface area contributed by atoms with Gasteiger partial charge >= 0.3 is 0 Å². The van der Waals surface area contributed by atoms with E-state index in [4.69, 9.17) is 10.5 Å². The molecule has 1 aliphatic rings. The van der Waals surface area contributed by atoms with Crippen LogP contribution in [0.2, 0.25) is 0 Å². The van der Waals surface area contributed by atoms with Gasteiger partial charge < -0.3 is 10.5 Å². The Labute approximate surface area is 121 Å². The molecule has 0 heterocycles. The number of hydrogen-bond acceptors (Lipinski definition) is 2.